The summed E-state index contributed by atoms with van der Waals surface area (Å²) in [6.45, 7) is 2.22. The number of carbonyl (C=O) groups excluding carboxylic acids is 1. The number of H-pyrrole nitrogens is 2. The van der Waals surface area contributed by atoms with E-state index in [0.717, 1.165) is 35.4 Å². The lowest BCUT2D eigenvalue weighted by atomic mass is 10.1. The van der Waals surface area contributed by atoms with Gasteiger partial charge in [-0.2, -0.15) is 0 Å². The largest absolute Gasteiger partial charge is 0.361 e. The second-order valence-corrected chi connectivity index (χ2v) is 6.00. The van der Waals surface area contributed by atoms with E-state index < -0.39 is 0 Å². The second kappa shape index (κ2) is 5.55. The number of fused-ring (bicyclic) bond motifs is 1. The average molecular weight is 309 g/mol. The molecule has 6 heteroatoms. The van der Waals surface area contributed by atoms with Gasteiger partial charge in [0.05, 0.1) is 6.04 Å². The van der Waals surface area contributed by atoms with Gasteiger partial charge in [0, 0.05) is 54.7 Å². The van der Waals surface area contributed by atoms with E-state index in [4.69, 9.17) is 0 Å². The summed E-state index contributed by atoms with van der Waals surface area (Å²) < 4.78 is 0. The number of hydrogen-bond acceptors (Lipinski definition) is 3. The molecule has 0 bridgehead atoms. The number of nitrogens with one attached hydrogen (secondary N) is 2. The first-order valence-corrected chi connectivity index (χ1v) is 7.78. The Morgan fingerprint density at radius 2 is 2.13 bits per heavy atom. The summed E-state index contributed by atoms with van der Waals surface area (Å²) in [6.07, 6.45) is 5.47. The molecule has 2 N–H and O–H groups in total. The van der Waals surface area contributed by atoms with E-state index in [1.807, 2.05) is 41.6 Å². The minimum atomic E-state index is 0.0813. The van der Waals surface area contributed by atoms with Crippen molar-refractivity contribution in [2.75, 3.05) is 26.7 Å². The molecule has 0 unspecified atom stereocenters. The zero-order chi connectivity index (χ0) is 15.8. The van der Waals surface area contributed by atoms with Gasteiger partial charge in [-0.25, -0.2) is 4.98 Å². The van der Waals surface area contributed by atoms with Crippen LogP contribution in [0.5, 0.6) is 0 Å². The molecule has 1 aromatic carbocycles. The Labute approximate surface area is 134 Å². The van der Waals surface area contributed by atoms with Crippen LogP contribution in [0.4, 0.5) is 0 Å². The molecular formula is C17H19N5O. The molecule has 0 spiro atoms. The molecule has 0 radical (unpaired) electrons. The van der Waals surface area contributed by atoms with Gasteiger partial charge in [-0.3, -0.25) is 9.69 Å². The van der Waals surface area contributed by atoms with Gasteiger partial charge in [-0.05, 0) is 31.3 Å². The van der Waals surface area contributed by atoms with Gasteiger partial charge in [-0.1, -0.05) is 0 Å². The highest BCUT2D eigenvalue weighted by Gasteiger charge is 2.30. The number of nitrogens with zero attached hydrogens (tertiary/aromatic N) is 3. The van der Waals surface area contributed by atoms with E-state index in [2.05, 4.69) is 26.9 Å². The minimum absolute atomic E-state index is 0.0813. The van der Waals surface area contributed by atoms with Crippen molar-refractivity contribution in [3.8, 4) is 0 Å². The first kappa shape index (κ1) is 14.0. The van der Waals surface area contributed by atoms with Gasteiger partial charge in [0.25, 0.3) is 5.91 Å². The predicted molar refractivity (Wildman–Crippen MR) is 88.2 cm³/mol. The fraction of sp³-hybridized carbons (Fsp3) is 0.294. The SMILES string of the molecule is CN1CCN(C(=O)c2ccc3[nH]ccc3c2)C[C@H]1c1ncc[nH]1. The average Bonchev–Trinajstić information content (AvgIpc) is 3.25. The van der Waals surface area contributed by atoms with Crippen LogP contribution in [0.2, 0.25) is 0 Å². The Balaban J connectivity index is 1.58. The molecule has 1 aliphatic rings. The number of rotatable bonds is 2. The Morgan fingerprint density at radius 1 is 1.22 bits per heavy atom. The summed E-state index contributed by atoms with van der Waals surface area (Å²) >= 11 is 0. The summed E-state index contributed by atoms with van der Waals surface area (Å²) in [4.78, 5) is 27.7. The smallest absolute Gasteiger partial charge is 0.253 e. The molecule has 1 atom stereocenters. The van der Waals surface area contributed by atoms with Crippen LogP contribution in [0.15, 0.2) is 42.9 Å². The van der Waals surface area contributed by atoms with Crippen molar-refractivity contribution >= 4 is 16.8 Å². The molecule has 0 saturated carbocycles. The van der Waals surface area contributed by atoms with Crippen molar-refractivity contribution in [1.82, 2.24) is 24.8 Å². The van der Waals surface area contributed by atoms with Crippen LogP contribution in [0.1, 0.15) is 22.2 Å². The maximum Gasteiger partial charge on any atom is 0.253 e. The fourth-order valence-electron chi connectivity index (χ4n) is 3.18. The third-order valence-electron chi connectivity index (χ3n) is 4.57. The molecule has 2 aromatic heterocycles. The molecule has 3 aromatic rings. The molecule has 1 amide bonds. The van der Waals surface area contributed by atoms with Crippen LogP contribution >= 0.6 is 0 Å². The van der Waals surface area contributed by atoms with Crippen molar-refractivity contribution in [3.63, 3.8) is 0 Å². The van der Waals surface area contributed by atoms with Gasteiger partial charge in [0.2, 0.25) is 0 Å². The van der Waals surface area contributed by atoms with Crippen LogP contribution < -0.4 is 0 Å². The van der Waals surface area contributed by atoms with E-state index in [1.165, 1.54) is 0 Å². The van der Waals surface area contributed by atoms with Crippen LogP contribution in [0.3, 0.4) is 0 Å². The second-order valence-electron chi connectivity index (χ2n) is 6.00. The molecule has 0 aliphatic carbocycles. The van der Waals surface area contributed by atoms with E-state index in [-0.39, 0.29) is 11.9 Å². The van der Waals surface area contributed by atoms with Gasteiger partial charge < -0.3 is 14.9 Å². The van der Waals surface area contributed by atoms with Crippen LogP contribution in [-0.2, 0) is 0 Å². The highest BCUT2D eigenvalue weighted by Crippen LogP contribution is 2.23. The number of aromatic nitrogens is 3. The maximum absolute atomic E-state index is 12.9. The summed E-state index contributed by atoms with van der Waals surface area (Å²) in [6, 6.07) is 7.90. The van der Waals surface area contributed by atoms with Gasteiger partial charge >= 0.3 is 0 Å². The maximum atomic E-state index is 12.9. The van der Waals surface area contributed by atoms with Gasteiger partial charge in [0.15, 0.2) is 0 Å². The Morgan fingerprint density at radius 3 is 2.96 bits per heavy atom. The molecule has 3 heterocycles. The highest BCUT2D eigenvalue weighted by atomic mass is 16.2. The quantitative estimate of drug-likeness (QED) is 0.761. The standard InChI is InChI=1S/C17H19N5O/c1-21-8-9-22(11-15(21)16-19-6-7-20-16)17(23)13-2-3-14-12(10-13)4-5-18-14/h2-7,10,15,18H,8-9,11H2,1H3,(H,19,20)/t15-/m0/s1. The number of imidazole rings is 1. The summed E-state index contributed by atoms with van der Waals surface area (Å²) in [5.74, 6) is 0.990. The first-order valence-electron chi connectivity index (χ1n) is 7.78. The lowest BCUT2D eigenvalue weighted by Crippen LogP contribution is -2.49. The van der Waals surface area contributed by atoms with Crippen molar-refractivity contribution in [3.05, 3.63) is 54.2 Å². The Hall–Kier alpha value is -2.60. The predicted octanol–water partition coefficient (Wildman–Crippen LogP) is 2.02. The third-order valence-corrected chi connectivity index (χ3v) is 4.57. The number of aromatic amines is 2. The summed E-state index contributed by atoms with van der Waals surface area (Å²) in [5.41, 5.74) is 1.79. The van der Waals surface area contributed by atoms with Crippen molar-refractivity contribution in [1.29, 1.82) is 0 Å². The van der Waals surface area contributed by atoms with Crippen molar-refractivity contribution < 1.29 is 4.79 Å². The molecule has 1 fully saturated rings. The van der Waals surface area contributed by atoms with E-state index in [9.17, 15) is 4.79 Å². The van der Waals surface area contributed by atoms with Crippen molar-refractivity contribution in [2.45, 2.75) is 6.04 Å². The molecule has 4 rings (SSSR count). The number of amides is 1. The first-order chi connectivity index (χ1) is 11.2. The number of likely N-dealkylation sites (N-methyl/N-ethyl adjacent to an activating group) is 1. The number of hydrogen-bond donors (Lipinski definition) is 2. The normalized spacial score (nSPS) is 19.3. The zero-order valence-corrected chi connectivity index (χ0v) is 13.0. The van der Waals surface area contributed by atoms with Crippen LogP contribution in [0.25, 0.3) is 10.9 Å². The van der Waals surface area contributed by atoms with Crippen LogP contribution in [-0.4, -0.2) is 57.3 Å². The van der Waals surface area contributed by atoms with Crippen molar-refractivity contribution in [2.24, 2.45) is 0 Å². The topological polar surface area (TPSA) is 68.0 Å². The van der Waals surface area contributed by atoms with Gasteiger partial charge in [-0.15, -0.1) is 0 Å². The zero-order valence-electron chi connectivity index (χ0n) is 13.0. The number of benzene rings is 1. The van der Waals surface area contributed by atoms with Gasteiger partial charge in [0.1, 0.15) is 5.82 Å². The van der Waals surface area contributed by atoms with E-state index in [1.54, 1.807) is 6.20 Å². The fourth-order valence-corrected chi connectivity index (χ4v) is 3.18. The number of carbonyl (C=O) groups is 1. The molecule has 23 heavy (non-hydrogen) atoms. The molecule has 1 aliphatic heterocycles. The lowest BCUT2D eigenvalue weighted by molar-refractivity contribution is 0.0534. The van der Waals surface area contributed by atoms with Crippen LogP contribution in [0, 0.1) is 0 Å². The van der Waals surface area contributed by atoms with E-state index >= 15 is 0 Å². The minimum Gasteiger partial charge on any atom is -0.361 e. The molecule has 1 saturated heterocycles. The molecule has 118 valence electrons. The Bertz CT molecular complexity index is 823. The monoisotopic (exact) mass is 309 g/mol. The number of piperazine rings is 1. The highest BCUT2D eigenvalue weighted by molar-refractivity contribution is 5.98. The lowest BCUT2D eigenvalue weighted by Gasteiger charge is -2.38. The summed E-state index contributed by atoms with van der Waals surface area (Å²) in [7, 11) is 2.07. The summed E-state index contributed by atoms with van der Waals surface area (Å²) in [5, 5.41) is 1.06. The Kier molecular flexibility index (Phi) is 3.38. The molecular weight excluding hydrogens is 290 g/mol. The molecule has 6 nitrogen and oxygen atoms in total. The van der Waals surface area contributed by atoms with E-state index in [0.29, 0.717) is 6.54 Å². The third kappa shape index (κ3) is 2.51.